The molecule has 1 heterocycles. The molecule has 26 heavy (non-hydrogen) atoms. The molecule has 0 spiro atoms. The van der Waals surface area contributed by atoms with Crippen LogP contribution in [-0.4, -0.2) is 15.5 Å². The van der Waals surface area contributed by atoms with Crippen molar-refractivity contribution in [1.29, 1.82) is 0 Å². The van der Waals surface area contributed by atoms with Crippen LogP contribution in [0, 0.1) is 0 Å². The van der Waals surface area contributed by atoms with Gasteiger partial charge >= 0.3 is 0 Å². The van der Waals surface area contributed by atoms with E-state index in [1.165, 1.54) is 0 Å². The fourth-order valence-corrected chi connectivity index (χ4v) is 3.26. The van der Waals surface area contributed by atoms with Gasteiger partial charge in [0.1, 0.15) is 5.82 Å². The second-order valence-electron chi connectivity index (χ2n) is 6.26. The first-order valence-corrected chi connectivity index (χ1v) is 8.98. The zero-order chi connectivity index (χ0) is 18.8. The Hall–Kier alpha value is -2.30. The third-order valence-electron chi connectivity index (χ3n) is 4.15. The normalized spacial score (nSPS) is 12.2. The molecule has 0 saturated carbocycles. The average Bonchev–Trinajstić information content (AvgIpc) is 2.96. The van der Waals surface area contributed by atoms with Gasteiger partial charge < -0.3 is 9.88 Å². The van der Waals surface area contributed by atoms with Gasteiger partial charge in [0.05, 0.1) is 23.6 Å². The van der Waals surface area contributed by atoms with Gasteiger partial charge in [-0.2, -0.15) is 0 Å². The van der Waals surface area contributed by atoms with Gasteiger partial charge in [0.2, 0.25) is 5.91 Å². The van der Waals surface area contributed by atoms with Crippen LogP contribution in [0.15, 0.2) is 54.6 Å². The summed E-state index contributed by atoms with van der Waals surface area (Å²) in [6.07, 6.45) is 0. The largest absolute Gasteiger partial charge is 0.343 e. The third-order valence-corrected chi connectivity index (χ3v) is 4.74. The number of nitrogens with zero attached hydrogens (tertiary/aromatic N) is 2. The molecule has 1 unspecified atom stereocenters. The molecule has 0 bridgehead atoms. The van der Waals surface area contributed by atoms with E-state index in [4.69, 9.17) is 28.2 Å². The number of aromatic nitrogens is 2. The molecule has 6 heteroatoms. The van der Waals surface area contributed by atoms with Crippen LogP contribution in [0.3, 0.4) is 0 Å². The van der Waals surface area contributed by atoms with Gasteiger partial charge in [0, 0.05) is 15.6 Å². The molecular weight excluding hydrogens is 369 g/mol. The second-order valence-corrected chi connectivity index (χ2v) is 7.10. The maximum absolute atomic E-state index is 12.0. The van der Waals surface area contributed by atoms with Crippen LogP contribution >= 0.6 is 23.2 Å². The van der Waals surface area contributed by atoms with Crippen molar-refractivity contribution in [3.05, 3.63) is 76.0 Å². The fraction of sp³-hybridized carbons (Fsp3) is 0.200. The van der Waals surface area contributed by atoms with E-state index in [1.54, 1.807) is 13.0 Å². The number of halogens is 2. The Bertz CT molecular complexity index is 994. The van der Waals surface area contributed by atoms with E-state index in [0.717, 1.165) is 22.4 Å². The van der Waals surface area contributed by atoms with Crippen LogP contribution in [-0.2, 0) is 11.3 Å². The highest BCUT2D eigenvalue weighted by atomic mass is 35.5. The minimum Gasteiger partial charge on any atom is -0.343 e. The molecule has 0 fully saturated rings. The minimum absolute atomic E-state index is 0.194. The van der Waals surface area contributed by atoms with Crippen molar-refractivity contribution in [2.75, 3.05) is 0 Å². The Morgan fingerprint density at radius 1 is 1.27 bits per heavy atom. The van der Waals surface area contributed by atoms with Crippen LogP contribution in [0.25, 0.3) is 11.0 Å². The first-order valence-electron chi connectivity index (χ1n) is 8.22. The molecule has 1 aromatic heterocycles. The lowest BCUT2D eigenvalue weighted by atomic mass is 10.2. The fourth-order valence-electron chi connectivity index (χ4n) is 2.80. The summed E-state index contributed by atoms with van der Waals surface area (Å²) in [7, 11) is 0. The lowest BCUT2D eigenvalue weighted by Gasteiger charge is -2.17. The molecule has 1 N–H and O–H groups in total. The molecule has 0 aliphatic rings. The third kappa shape index (κ3) is 3.76. The number of imidazole rings is 1. The van der Waals surface area contributed by atoms with E-state index >= 15 is 0 Å². The van der Waals surface area contributed by atoms with Crippen LogP contribution in [0.1, 0.15) is 31.3 Å². The summed E-state index contributed by atoms with van der Waals surface area (Å²) < 4.78 is 2.06. The summed E-state index contributed by atoms with van der Waals surface area (Å²) >= 11 is 12.4. The predicted molar refractivity (Wildman–Crippen MR) is 107 cm³/mol. The number of fused-ring (bicyclic) bond motifs is 1. The number of benzene rings is 2. The van der Waals surface area contributed by atoms with Gasteiger partial charge in [0.25, 0.3) is 0 Å². The van der Waals surface area contributed by atoms with Crippen molar-refractivity contribution >= 4 is 40.1 Å². The van der Waals surface area contributed by atoms with Crippen molar-refractivity contribution in [3.63, 3.8) is 0 Å². The Morgan fingerprint density at radius 2 is 2.00 bits per heavy atom. The molecule has 4 nitrogen and oxygen atoms in total. The van der Waals surface area contributed by atoms with E-state index in [1.807, 2.05) is 43.3 Å². The molecule has 3 aromatic rings. The second kappa shape index (κ2) is 7.52. The van der Waals surface area contributed by atoms with Crippen LogP contribution in [0.5, 0.6) is 0 Å². The number of para-hydroxylation sites is 2. The highest BCUT2D eigenvalue weighted by molar-refractivity contribution is 6.35. The van der Waals surface area contributed by atoms with Gasteiger partial charge in [-0.3, -0.25) is 4.79 Å². The van der Waals surface area contributed by atoms with Crippen molar-refractivity contribution in [3.8, 4) is 0 Å². The molecule has 0 aliphatic heterocycles. The van der Waals surface area contributed by atoms with Gasteiger partial charge in [-0.05, 0) is 43.7 Å². The number of amides is 1. The summed E-state index contributed by atoms with van der Waals surface area (Å²) in [5.41, 5.74) is 3.23. The number of carbonyl (C=O) groups excluding carboxylic acids is 1. The molecule has 3 rings (SSSR count). The van der Waals surface area contributed by atoms with E-state index in [9.17, 15) is 4.79 Å². The smallest absolute Gasteiger partial charge is 0.246 e. The first-order chi connectivity index (χ1) is 12.4. The quantitative estimate of drug-likeness (QED) is 0.615. The lowest BCUT2D eigenvalue weighted by molar-refractivity contribution is -0.118. The molecule has 134 valence electrons. The zero-order valence-electron chi connectivity index (χ0n) is 14.6. The number of hydrogen-bond acceptors (Lipinski definition) is 2. The minimum atomic E-state index is -0.280. The zero-order valence-corrected chi connectivity index (χ0v) is 16.1. The molecular formula is C20H19Cl2N3O. The van der Waals surface area contributed by atoms with E-state index in [2.05, 4.69) is 16.5 Å². The van der Waals surface area contributed by atoms with Crippen molar-refractivity contribution in [1.82, 2.24) is 14.9 Å². The maximum atomic E-state index is 12.0. The van der Waals surface area contributed by atoms with E-state index < -0.39 is 0 Å². The highest BCUT2D eigenvalue weighted by Crippen LogP contribution is 2.26. The van der Waals surface area contributed by atoms with Crippen molar-refractivity contribution < 1.29 is 4.79 Å². The molecule has 2 aromatic carbocycles. The number of carbonyl (C=O) groups is 1. The van der Waals surface area contributed by atoms with Crippen LogP contribution in [0.4, 0.5) is 0 Å². The number of nitrogens with one attached hydrogen (secondary N) is 1. The summed E-state index contributed by atoms with van der Waals surface area (Å²) in [4.78, 5) is 16.7. The van der Waals surface area contributed by atoms with Crippen molar-refractivity contribution in [2.24, 2.45) is 0 Å². The van der Waals surface area contributed by atoms with Crippen LogP contribution < -0.4 is 5.32 Å². The Balaban J connectivity index is 2.04. The Labute approximate surface area is 162 Å². The molecule has 1 atom stereocenters. The average molecular weight is 388 g/mol. The topological polar surface area (TPSA) is 46.9 Å². The van der Waals surface area contributed by atoms with Gasteiger partial charge in [0.15, 0.2) is 0 Å². The number of rotatable bonds is 5. The molecule has 1 amide bonds. The van der Waals surface area contributed by atoms with Gasteiger partial charge in [-0.15, -0.1) is 0 Å². The summed E-state index contributed by atoms with van der Waals surface area (Å²) in [6.45, 7) is 7.80. The monoisotopic (exact) mass is 387 g/mol. The predicted octanol–water partition coefficient (Wildman–Crippen LogP) is 5.14. The standard InChI is InChI=1S/C20H19Cl2N3O/c1-12(2)20(26)23-13(3)19-24-17-6-4-5-7-18(17)25(19)11-14-8-9-15(21)10-16(14)22/h4-10,13H,1,11H2,2-3H3,(H,23,26). The van der Waals surface area contributed by atoms with Crippen molar-refractivity contribution in [2.45, 2.75) is 26.4 Å². The number of hydrogen-bond donors (Lipinski definition) is 1. The van der Waals surface area contributed by atoms with Crippen LogP contribution in [0.2, 0.25) is 10.0 Å². The molecule has 0 aliphatic carbocycles. The molecule has 0 saturated heterocycles. The Kier molecular flexibility index (Phi) is 5.35. The summed E-state index contributed by atoms with van der Waals surface area (Å²) in [5, 5.41) is 4.12. The first kappa shape index (κ1) is 18.5. The molecule has 0 radical (unpaired) electrons. The van der Waals surface area contributed by atoms with Gasteiger partial charge in [-0.25, -0.2) is 4.98 Å². The van der Waals surface area contributed by atoms with E-state index in [0.29, 0.717) is 22.2 Å². The summed E-state index contributed by atoms with van der Waals surface area (Å²) in [5.74, 6) is 0.562. The summed E-state index contributed by atoms with van der Waals surface area (Å²) in [6, 6.07) is 13.0. The lowest BCUT2D eigenvalue weighted by Crippen LogP contribution is -2.29. The maximum Gasteiger partial charge on any atom is 0.246 e. The Morgan fingerprint density at radius 3 is 2.69 bits per heavy atom. The van der Waals surface area contributed by atoms with E-state index in [-0.39, 0.29) is 11.9 Å². The SMILES string of the molecule is C=C(C)C(=O)NC(C)c1nc2ccccc2n1Cc1ccc(Cl)cc1Cl. The highest BCUT2D eigenvalue weighted by Gasteiger charge is 2.19. The van der Waals surface area contributed by atoms with Gasteiger partial charge in [-0.1, -0.05) is 48.0 Å².